The van der Waals surface area contributed by atoms with Gasteiger partial charge in [0.2, 0.25) is 0 Å². The molecule has 0 radical (unpaired) electrons. The third kappa shape index (κ3) is 3.96. The van der Waals surface area contributed by atoms with Gasteiger partial charge in [-0.15, -0.1) is 11.3 Å². The van der Waals surface area contributed by atoms with E-state index in [-0.39, 0.29) is 5.41 Å². The zero-order valence-corrected chi connectivity index (χ0v) is 22.5. The van der Waals surface area contributed by atoms with Crippen LogP contribution < -0.4 is 10.6 Å². The summed E-state index contributed by atoms with van der Waals surface area (Å²) in [6, 6.07) is 6.98. The van der Waals surface area contributed by atoms with Crippen molar-refractivity contribution in [3.05, 3.63) is 72.1 Å². The van der Waals surface area contributed by atoms with E-state index in [9.17, 15) is 4.39 Å². The quantitative estimate of drug-likeness (QED) is 0.288. The lowest BCUT2D eigenvalue weighted by Gasteiger charge is -2.68. The van der Waals surface area contributed by atoms with E-state index in [0.717, 1.165) is 54.9 Å². The van der Waals surface area contributed by atoms with Gasteiger partial charge in [0, 0.05) is 60.1 Å². The maximum Gasteiger partial charge on any atom is 0.182 e. The number of nitrogens with zero attached hydrogens (tertiary/aromatic N) is 6. The van der Waals surface area contributed by atoms with Crippen LogP contribution >= 0.6 is 11.3 Å². The number of hydrogen-bond donors (Lipinski definition) is 2. The first-order chi connectivity index (χ1) is 18.9. The molecular weight excluding hydrogens is 511 g/mol. The molecule has 0 spiro atoms. The number of thiophene rings is 1. The van der Waals surface area contributed by atoms with Crippen molar-refractivity contribution in [3.63, 3.8) is 0 Å². The van der Waals surface area contributed by atoms with E-state index in [1.165, 1.54) is 15.6 Å². The first kappa shape index (κ1) is 23.3. The van der Waals surface area contributed by atoms with Gasteiger partial charge in [-0.3, -0.25) is 9.97 Å². The molecule has 9 rings (SSSR count). The molecule has 5 aromatic heterocycles. The number of halogens is 1. The second-order valence-electron chi connectivity index (χ2n) is 11.7. The van der Waals surface area contributed by atoms with Crippen LogP contribution in [0, 0.1) is 5.41 Å². The van der Waals surface area contributed by atoms with Crippen LogP contribution in [-0.2, 0) is 13.0 Å². The van der Waals surface area contributed by atoms with Crippen molar-refractivity contribution in [1.29, 1.82) is 0 Å². The van der Waals surface area contributed by atoms with Crippen molar-refractivity contribution in [3.8, 4) is 17.1 Å². The molecule has 1 aliphatic heterocycles. The fraction of sp³-hybridized carbons (Fsp3) is 0.379. The number of anilines is 1. The maximum absolute atomic E-state index is 13.9. The monoisotopic (exact) mass is 540 g/mol. The SMILES string of the molecule is CC(NCC1Cc2cnc(Cn3cnc(-c4cncc(-n5cc6ccsc6c5)c4)n3)cc2N1)C12CC(F)(C1)C2. The molecule has 8 nitrogen and oxygen atoms in total. The maximum atomic E-state index is 13.9. The second kappa shape index (κ2) is 8.43. The predicted molar refractivity (Wildman–Crippen MR) is 150 cm³/mol. The van der Waals surface area contributed by atoms with Gasteiger partial charge >= 0.3 is 0 Å². The highest BCUT2D eigenvalue weighted by molar-refractivity contribution is 7.17. The Hall–Kier alpha value is -3.63. The van der Waals surface area contributed by atoms with Gasteiger partial charge < -0.3 is 15.2 Å². The molecule has 2 bridgehead atoms. The van der Waals surface area contributed by atoms with Crippen molar-refractivity contribution >= 4 is 27.1 Å². The number of hydrogen-bond acceptors (Lipinski definition) is 7. The molecule has 0 saturated heterocycles. The summed E-state index contributed by atoms with van der Waals surface area (Å²) in [5, 5.41) is 15.4. The molecule has 6 heterocycles. The summed E-state index contributed by atoms with van der Waals surface area (Å²) in [4.78, 5) is 13.7. The normalized spacial score (nSPS) is 25.6. The number of aromatic nitrogens is 6. The molecule has 39 heavy (non-hydrogen) atoms. The summed E-state index contributed by atoms with van der Waals surface area (Å²) in [6.45, 7) is 3.62. The zero-order valence-electron chi connectivity index (χ0n) is 21.6. The summed E-state index contributed by atoms with van der Waals surface area (Å²) in [6.07, 6.45) is 14.8. The Labute approximate surface area is 229 Å². The van der Waals surface area contributed by atoms with Crippen LogP contribution in [0.25, 0.3) is 27.2 Å². The number of alkyl halides is 1. The average molecular weight is 541 g/mol. The minimum absolute atomic E-state index is 0.196. The first-order valence-corrected chi connectivity index (χ1v) is 14.4. The van der Waals surface area contributed by atoms with E-state index in [2.05, 4.69) is 68.1 Å². The zero-order chi connectivity index (χ0) is 26.2. The van der Waals surface area contributed by atoms with Crippen LogP contribution in [0.15, 0.2) is 60.9 Å². The van der Waals surface area contributed by atoms with Crippen LogP contribution in [0.4, 0.5) is 10.1 Å². The van der Waals surface area contributed by atoms with Crippen molar-refractivity contribution in [1.82, 2.24) is 34.6 Å². The lowest BCUT2D eigenvalue weighted by molar-refractivity contribution is -0.226. The second-order valence-corrected chi connectivity index (χ2v) is 12.6. The summed E-state index contributed by atoms with van der Waals surface area (Å²) < 4.78 is 19.1. The Balaban J connectivity index is 0.917. The predicted octanol–water partition coefficient (Wildman–Crippen LogP) is 5.00. The molecule has 3 saturated carbocycles. The van der Waals surface area contributed by atoms with Gasteiger partial charge in [0.05, 0.1) is 28.8 Å². The average Bonchev–Trinajstić information content (AvgIpc) is 3.68. The third-order valence-corrected chi connectivity index (χ3v) is 9.73. The number of nitrogens with one attached hydrogen (secondary N) is 2. The van der Waals surface area contributed by atoms with Crippen LogP contribution in [0.2, 0.25) is 0 Å². The summed E-state index contributed by atoms with van der Waals surface area (Å²) >= 11 is 1.73. The fourth-order valence-corrected chi connectivity index (χ4v) is 7.46. The first-order valence-electron chi connectivity index (χ1n) is 13.5. The van der Waals surface area contributed by atoms with E-state index in [1.807, 2.05) is 17.1 Å². The lowest BCUT2D eigenvalue weighted by Crippen LogP contribution is -2.71. The molecule has 0 amide bonds. The van der Waals surface area contributed by atoms with Gasteiger partial charge in [-0.05, 0) is 67.2 Å². The van der Waals surface area contributed by atoms with Crippen LogP contribution in [-0.4, -0.2) is 53.6 Å². The largest absolute Gasteiger partial charge is 0.380 e. The highest BCUT2D eigenvalue weighted by atomic mass is 32.1. The number of pyridine rings is 2. The Morgan fingerprint density at radius 1 is 1.18 bits per heavy atom. The summed E-state index contributed by atoms with van der Waals surface area (Å²) in [5.41, 5.74) is 4.51. The minimum atomic E-state index is -0.842. The van der Waals surface area contributed by atoms with Crippen molar-refractivity contribution < 1.29 is 4.39 Å². The molecule has 3 aliphatic carbocycles. The molecular formula is C29H29FN8S. The topological polar surface area (TPSA) is 85.5 Å². The standard InChI is InChI=1S/C29H29FN8S/c1-18(28-14-29(30,15-28)16-28)32-9-22-4-20-8-33-23(6-25(20)35-22)12-38-17-34-27(36-38)21-5-24(10-31-7-21)37-11-19-2-3-39-26(19)13-37/h2-3,5-8,10-11,13,17-18,22,32,35H,4,9,12,14-16H2,1H3. The highest BCUT2D eigenvalue weighted by Crippen LogP contribution is 2.70. The van der Waals surface area contributed by atoms with Gasteiger partial charge in [-0.1, -0.05) is 0 Å². The Morgan fingerprint density at radius 2 is 2.08 bits per heavy atom. The summed E-state index contributed by atoms with van der Waals surface area (Å²) in [5.74, 6) is 0.639. The van der Waals surface area contributed by atoms with Crippen molar-refractivity contribution in [2.24, 2.45) is 5.41 Å². The Morgan fingerprint density at radius 3 is 2.92 bits per heavy atom. The molecule has 198 valence electrons. The molecule has 0 aromatic carbocycles. The van der Waals surface area contributed by atoms with Crippen LogP contribution in [0.1, 0.15) is 37.4 Å². The fourth-order valence-electron chi connectivity index (χ4n) is 6.67. The molecule has 5 aromatic rings. The molecule has 2 atom stereocenters. The third-order valence-electron chi connectivity index (χ3n) is 8.87. The van der Waals surface area contributed by atoms with Gasteiger partial charge in [0.1, 0.15) is 12.0 Å². The van der Waals surface area contributed by atoms with Gasteiger partial charge in [0.25, 0.3) is 0 Å². The molecule has 2 N–H and O–H groups in total. The molecule has 2 unspecified atom stereocenters. The molecule has 3 fully saturated rings. The minimum Gasteiger partial charge on any atom is -0.380 e. The van der Waals surface area contributed by atoms with Gasteiger partial charge in [0.15, 0.2) is 5.82 Å². The summed E-state index contributed by atoms with van der Waals surface area (Å²) in [7, 11) is 0. The van der Waals surface area contributed by atoms with Crippen molar-refractivity contribution in [2.45, 2.75) is 56.9 Å². The Bertz CT molecular complexity index is 1650. The van der Waals surface area contributed by atoms with E-state index >= 15 is 0 Å². The van der Waals surface area contributed by atoms with Gasteiger partial charge in [-0.25, -0.2) is 14.1 Å². The van der Waals surface area contributed by atoms with Gasteiger partial charge in [-0.2, -0.15) is 5.10 Å². The lowest BCUT2D eigenvalue weighted by atomic mass is 9.40. The van der Waals surface area contributed by atoms with E-state index < -0.39 is 5.67 Å². The molecule has 10 heteroatoms. The van der Waals surface area contributed by atoms with Crippen LogP contribution in [0.3, 0.4) is 0 Å². The molecule has 4 aliphatic rings. The Kier molecular flexibility index (Phi) is 5.03. The smallest absolute Gasteiger partial charge is 0.182 e. The van der Waals surface area contributed by atoms with E-state index in [0.29, 0.717) is 24.5 Å². The van der Waals surface area contributed by atoms with E-state index in [4.69, 9.17) is 10.1 Å². The highest BCUT2D eigenvalue weighted by Gasteiger charge is 2.70. The number of fused-ring (bicyclic) bond motifs is 2. The van der Waals surface area contributed by atoms with Crippen molar-refractivity contribution in [2.75, 3.05) is 11.9 Å². The number of rotatable bonds is 8. The van der Waals surface area contributed by atoms with E-state index in [1.54, 1.807) is 23.9 Å². The van der Waals surface area contributed by atoms with Crippen LogP contribution in [0.5, 0.6) is 0 Å².